The molecule has 4 heteroatoms. The van der Waals surface area contributed by atoms with Crippen LogP contribution in [0.3, 0.4) is 0 Å². The molecule has 1 aromatic heterocycles. The first-order valence-electron chi connectivity index (χ1n) is 6.04. The smallest absolute Gasteiger partial charge is 0.302 e. The fraction of sp³-hybridized carbons (Fsp3) is 0.750. The second kappa shape index (κ2) is 5.15. The first-order valence-corrected chi connectivity index (χ1v) is 6.92. The summed E-state index contributed by atoms with van der Waals surface area (Å²) in [6.07, 6.45) is 2.66. The van der Waals surface area contributed by atoms with Crippen molar-refractivity contribution in [2.45, 2.75) is 33.2 Å². The molecular weight excluding hydrogens is 220 g/mol. The van der Waals surface area contributed by atoms with Crippen molar-refractivity contribution in [3.8, 4) is 0 Å². The van der Waals surface area contributed by atoms with E-state index in [9.17, 15) is 4.79 Å². The van der Waals surface area contributed by atoms with Crippen LogP contribution in [0.2, 0.25) is 0 Å². The molecule has 90 valence electrons. The van der Waals surface area contributed by atoms with Crippen LogP contribution in [-0.4, -0.2) is 29.1 Å². The van der Waals surface area contributed by atoms with Crippen molar-refractivity contribution >= 4 is 11.3 Å². The number of aryl methyl sites for hydroxylation is 1. The van der Waals surface area contributed by atoms with Gasteiger partial charge in [0.05, 0.1) is 0 Å². The molecule has 1 fully saturated rings. The van der Waals surface area contributed by atoms with Crippen LogP contribution < -0.4 is 4.87 Å². The number of nitrogens with zero attached hydrogens (tertiary/aromatic N) is 2. The summed E-state index contributed by atoms with van der Waals surface area (Å²) in [7, 11) is 0. The van der Waals surface area contributed by atoms with E-state index in [4.69, 9.17) is 0 Å². The SMILES string of the molecule is Cc1csc(=O)n1CCN1CCCC(C)C1. The van der Waals surface area contributed by atoms with Gasteiger partial charge < -0.3 is 9.47 Å². The summed E-state index contributed by atoms with van der Waals surface area (Å²) in [5, 5.41) is 1.95. The van der Waals surface area contributed by atoms with Crippen molar-refractivity contribution < 1.29 is 0 Å². The number of likely N-dealkylation sites (tertiary alicyclic amines) is 1. The average molecular weight is 240 g/mol. The van der Waals surface area contributed by atoms with E-state index >= 15 is 0 Å². The number of hydrogen-bond donors (Lipinski definition) is 0. The Bertz CT molecular complexity index is 396. The van der Waals surface area contributed by atoms with Crippen molar-refractivity contribution in [1.82, 2.24) is 9.47 Å². The molecule has 0 N–H and O–H groups in total. The fourth-order valence-corrected chi connectivity index (χ4v) is 3.17. The summed E-state index contributed by atoms with van der Waals surface area (Å²) >= 11 is 1.31. The van der Waals surface area contributed by atoms with E-state index in [-0.39, 0.29) is 4.87 Å². The van der Waals surface area contributed by atoms with Gasteiger partial charge in [0.25, 0.3) is 0 Å². The van der Waals surface area contributed by atoms with E-state index < -0.39 is 0 Å². The van der Waals surface area contributed by atoms with Crippen LogP contribution in [0.4, 0.5) is 0 Å². The third kappa shape index (κ3) is 2.74. The minimum atomic E-state index is 0.183. The Morgan fingerprint density at radius 3 is 2.94 bits per heavy atom. The van der Waals surface area contributed by atoms with Crippen LogP contribution in [0.15, 0.2) is 10.2 Å². The molecule has 2 heterocycles. The van der Waals surface area contributed by atoms with Gasteiger partial charge in [-0.3, -0.25) is 4.79 Å². The lowest BCUT2D eigenvalue weighted by atomic mass is 10.0. The highest BCUT2D eigenvalue weighted by Crippen LogP contribution is 2.15. The zero-order valence-electron chi connectivity index (χ0n) is 10.1. The van der Waals surface area contributed by atoms with Crippen LogP contribution in [-0.2, 0) is 6.54 Å². The molecule has 0 bridgehead atoms. The maximum absolute atomic E-state index is 11.5. The van der Waals surface area contributed by atoms with Gasteiger partial charge in [-0.2, -0.15) is 0 Å². The van der Waals surface area contributed by atoms with Crippen molar-refractivity contribution in [2.75, 3.05) is 19.6 Å². The quantitative estimate of drug-likeness (QED) is 0.807. The number of aromatic nitrogens is 1. The third-order valence-corrected chi connectivity index (χ3v) is 4.24. The van der Waals surface area contributed by atoms with Gasteiger partial charge >= 0.3 is 4.87 Å². The molecule has 16 heavy (non-hydrogen) atoms. The fourth-order valence-electron chi connectivity index (χ4n) is 2.41. The number of rotatable bonds is 3. The number of hydrogen-bond acceptors (Lipinski definition) is 3. The van der Waals surface area contributed by atoms with Crippen molar-refractivity contribution in [3.05, 3.63) is 20.7 Å². The van der Waals surface area contributed by atoms with Crippen molar-refractivity contribution in [2.24, 2.45) is 5.92 Å². The molecule has 0 aromatic carbocycles. The minimum absolute atomic E-state index is 0.183. The van der Waals surface area contributed by atoms with Crippen LogP contribution in [0.5, 0.6) is 0 Å². The molecule has 3 nitrogen and oxygen atoms in total. The summed E-state index contributed by atoms with van der Waals surface area (Å²) < 4.78 is 1.89. The lowest BCUT2D eigenvalue weighted by molar-refractivity contribution is 0.177. The lowest BCUT2D eigenvalue weighted by Gasteiger charge is -2.30. The van der Waals surface area contributed by atoms with Gasteiger partial charge in [0.15, 0.2) is 0 Å². The lowest BCUT2D eigenvalue weighted by Crippen LogP contribution is -2.37. The standard InChI is InChI=1S/C12H20N2OS/c1-10-4-3-5-13(8-10)6-7-14-11(2)9-16-12(14)15/h9-10H,3-8H2,1-2H3. The Morgan fingerprint density at radius 2 is 2.31 bits per heavy atom. The largest absolute Gasteiger partial charge is 0.307 e. The van der Waals surface area contributed by atoms with Gasteiger partial charge in [-0.25, -0.2) is 0 Å². The minimum Gasteiger partial charge on any atom is -0.302 e. The van der Waals surface area contributed by atoms with Gasteiger partial charge in [0.1, 0.15) is 0 Å². The van der Waals surface area contributed by atoms with Crippen LogP contribution in [0.25, 0.3) is 0 Å². The second-order valence-electron chi connectivity index (χ2n) is 4.84. The Morgan fingerprint density at radius 1 is 1.50 bits per heavy atom. The Hall–Kier alpha value is -0.610. The van der Waals surface area contributed by atoms with Crippen LogP contribution >= 0.6 is 11.3 Å². The molecule has 0 spiro atoms. The summed E-state index contributed by atoms with van der Waals surface area (Å²) in [5.41, 5.74) is 1.10. The first-order chi connectivity index (χ1) is 7.66. The Kier molecular flexibility index (Phi) is 3.82. The van der Waals surface area contributed by atoms with E-state index in [0.717, 1.165) is 24.7 Å². The predicted octanol–water partition coefficient (Wildman–Crippen LogP) is 1.95. The van der Waals surface area contributed by atoms with Gasteiger partial charge in [0.2, 0.25) is 0 Å². The zero-order chi connectivity index (χ0) is 11.5. The summed E-state index contributed by atoms with van der Waals surface area (Å²) in [4.78, 5) is 14.2. The molecule has 2 rings (SSSR count). The molecule has 0 radical (unpaired) electrons. The maximum atomic E-state index is 11.5. The Balaban J connectivity index is 1.90. The molecule has 0 amide bonds. The predicted molar refractivity (Wildman–Crippen MR) is 68.2 cm³/mol. The Labute approximate surface area is 101 Å². The van der Waals surface area contributed by atoms with Crippen LogP contribution in [0, 0.1) is 12.8 Å². The van der Waals surface area contributed by atoms with Gasteiger partial charge in [-0.05, 0) is 32.2 Å². The first kappa shape index (κ1) is 11.9. The molecular formula is C12H20N2OS. The van der Waals surface area contributed by atoms with E-state index in [1.54, 1.807) is 0 Å². The van der Waals surface area contributed by atoms with Gasteiger partial charge in [-0.15, -0.1) is 0 Å². The average Bonchev–Trinajstić information content (AvgIpc) is 2.56. The topological polar surface area (TPSA) is 25.2 Å². The highest BCUT2D eigenvalue weighted by Gasteiger charge is 2.16. The van der Waals surface area contributed by atoms with E-state index in [2.05, 4.69) is 11.8 Å². The summed E-state index contributed by atoms with van der Waals surface area (Å²) in [5.74, 6) is 0.814. The highest BCUT2D eigenvalue weighted by molar-refractivity contribution is 7.07. The van der Waals surface area contributed by atoms with Crippen LogP contribution in [0.1, 0.15) is 25.5 Å². The molecule has 1 saturated heterocycles. The molecule has 0 saturated carbocycles. The highest BCUT2D eigenvalue weighted by atomic mass is 32.1. The van der Waals surface area contributed by atoms with E-state index in [1.165, 1.54) is 37.3 Å². The number of thiazole rings is 1. The molecule has 1 aromatic rings. The summed E-state index contributed by atoms with van der Waals surface area (Å²) in [6, 6.07) is 0. The van der Waals surface area contributed by atoms with Crippen molar-refractivity contribution in [1.29, 1.82) is 0 Å². The van der Waals surface area contributed by atoms with Crippen molar-refractivity contribution in [3.63, 3.8) is 0 Å². The molecule has 1 aliphatic rings. The van der Waals surface area contributed by atoms with Gasteiger partial charge in [0, 0.05) is 30.7 Å². The zero-order valence-corrected chi connectivity index (χ0v) is 10.9. The molecule has 1 atom stereocenters. The van der Waals surface area contributed by atoms with Gasteiger partial charge in [-0.1, -0.05) is 18.3 Å². The molecule has 0 aliphatic carbocycles. The molecule has 1 unspecified atom stereocenters. The normalized spacial score (nSPS) is 22.5. The summed E-state index contributed by atoms with van der Waals surface area (Å²) in [6.45, 7) is 8.58. The second-order valence-corrected chi connectivity index (χ2v) is 5.66. The van der Waals surface area contributed by atoms with E-state index in [1.807, 2.05) is 16.9 Å². The maximum Gasteiger partial charge on any atom is 0.307 e. The third-order valence-electron chi connectivity index (χ3n) is 3.36. The van der Waals surface area contributed by atoms with E-state index in [0.29, 0.717) is 0 Å². The molecule has 1 aliphatic heterocycles. The number of piperidine rings is 1. The monoisotopic (exact) mass is 240 g/mol.